The lowest BCUT2D eigenvalue weighted by Crippen LogP contribution is -2.31. The van der Waals surface area contributed by atoms with Crippen LogP contribution >= 0.6 is 0 Å². The van der Waals surface area contributed by atoms with E-state index in [1.54, 1.807) is 6.08 Å². The number of carbonyl (C=O) groups is 1. The number of unbranched alkanes of at least 4 members (excludes halogenated alkanes) is 1. The number of benzene rings is 1. The van der Waals surface area contributed by atoms with Gasteiger partial charge in [-0.05, 0) is 37.6 Å². The van der Waals surface area contributed by atoms with E-state index < -0.39 is 0 Å². The maximum atomic E-state index is 12.3. The lowest BCUT2D eigenvalue weighted by atomic mass is 10.2. The summed E-state index contributed by atoms with van der Waals surface area (Å²) in [6.07, 6.45) is 3.83. The predicted octanol–water partition coefficient (Wildman–Crippen LogP) is 3.51. The van der Waals surface area contributed by atoms with Gasteiger partial charge in [-0.25, -0.2) is 0 Å². The van der Waals surface area contributed by atoms with Crippen LogP contribution in [0.2, 0.25) is 0 Å². The molecule has 0 radical (unpaired) electrons. The second-order valence-electron chi connectivity index (χ2n) is 4.36. The Kier molecular flexibility index (Phi) is 6.72. The van der Waals surface area contributed by atoms with Crippen LogP contribution in [0.25, 0.3) is 0 Å². The molecule has 0 aliphatic rings. The van der Waals surface area contributed by atoms with Crippen LogP contribution in [-0.4, -0.2) is 30.5 Å². The van der Waals surface area contributed by atoms with Crippen molar-refractivity contribution in [1.29, 1.82) is 0 Å². The third-order valence-corrected chi connectivity index (χ3v) is 2.92. The summed E-state index contributed by atoms with van der Waals surface area (Å²) in [7, 11) is 0. The Morgan fingerprint density at radius 2 is 2.00 bits per heavy atom. The van der Waals surface area contributed by atoms with E-state index in [-0.39, 0.29) is 5.91 Å². The van der Waals surface area contributed by atoms with Gasteiger partial charge in [0.1, 0.15) is 12.4 Å². The molecule has 104 valence electrons. The zero-order valence-electron chi connectivity index (χ0n) is 11.9. The minimum Gasteiger partial charge on any atom is -0.490 e. The van der Waals surface area contributed by atoms with Gasteiger partial charge in [0.25, 0.3) is 5.91 Å². The van der Waals surface area contributed by atoms with Crippen molar-refractivity contribution in [3.8, 4) is 5.75 Å². The van der Waals surface area contributed by atoms with Crippen molar-refractivity contribution in [3.63, 3.8) is 0 Å². The van der Waals surface area contributed by atoms with E-state index in [1.807, 2.05) is 36.1 Å². The molecule has 19 heavy (non-hydrogen) atoms. The maximum Gasteiger partial charge on any atom is 0.253 e. The molecule has 0 bridgehead atoms. The van der Waals surface area contributed by atoms with Crippen molar-refractivity contribution in [3.05, 3.63) is 42.5 Å². The molecule has 0 spiro atoms. The van der Waals surface area contributed by atoms with Crippen LogP contribution in [0.3, 0.4) is 0 Å². The van der Waals surface area contributed by atoms with Gasteiger partial charge in [-0.3, -0.25) is 4.79 Å². The Bertz CT molecular complexity index is 398. The van der Waals surface area contributed by atoms with Crippen molar-refractivity contribution in [2.45, 2.75) is 26.7 Å². The van der Waals surface area contributed by atoms with Crippen LogP contribution in [-0.2, 0) is 0 Å². The Balaban J connectivity index is 2.67. The molecule has 1 aromatic rings. The highest BCUT2D eigenvalue weighted by Gasteiger charge is 2.13. The summed E-state index contributed by atoms with van der Waals surface area (Å²) in [4.78, 5) is 14.2. The molecule has 0 aromatic heterocycles. The van der Waals surface area contributed by atoms with Crippen LogP contribution in [0.4, 0.5) is 0 Å². The fraction of sp³-hybridized carbons (Fsp3) is 0.438. The number of ether oxygens (including phenoxy) is 1. The van der Waals surface area contributed by atoms with E-state index in [0.717, 1.165) is 31.7 Å². The number of nitrogens with zero attached hydrogens (tertiary/aromatic N) is 1. The summed E-state index contributed by atoms with van der Waals surface area (Å²) >= 11 is 0. The maximum absolute atomic E-state index is 12.3. The van der Waals surface area contributed by atoms with E-state index in [1.165, 1.54) is 0 Å². The summed E-state index contributed by atoms with van der Waals surface area (Å²) in [6.45, 7) is 9.78. The highest BCUT2D eigenvalue weighted by atomic mass is 16.5. The lowest BCUT2D eigenvalue weighted by molar-refractivity contribution is 0.0762. The first kappa shape index (κ1) is 15.3. The molecule has 1 rings (SSSR count). The van der Waals surface area contributed by atoms with Gasteiger partial charge in [-0.2, -0.15) is 0 Å². The molecule has 0 fully saturated rings. The first-order chi connectivity index (χ1) is 9.22. The molecule has 3 nitrogen and oxygen atoms in total. The smallest absolute Gasteiger partial charge is 0.253 e. The molecule has 0 heterocycles. The molecule has 0 N–H and O–H groups in total. The normalized spacial score (nSPS) is 10.0. The van der Waals surface area contributed by atoms with Gasteiger partial charge in [0, 0.05) is 18.7 Å². The topological polar surface area (TPSA) is 29.5 Å². The number of carbonyl (C=O) groups excluding carboxylic acids is 1. The zero-order chi connectivity index (χ0) is 14.1. The van der Waals surface area contributed by atoms with Gasteiger partial charge < -0.3 is 9.64 Å². The van der Waals surface area contributed by atoms with E-state index >= 15 is 0 Å². The van der Waals surface area contributed by atoms with Crippen molar-refractivity contribution in [2.24, 2.45) is 0 Å². The molecule has 0 unspecified atom stereocenters. The van der Waals surface area contributed by atoms with Gasteiger partial charge in [-0.1, -0.05) is 26.0 Å². The highest BCUT2D eigenvalue weighted by molar-refractivity contribution is 5.94. The molecular formula is C16H23NO2. The average Bonchev–Trinajstić information content (AvgIpc) is 2.46. The summed E-state index contributed by atoms with van der Waals surface area (Å²) < 4.78 is 5.40. The van der Waals surface area contributed by atoms with Crippen molar-refractivity contribution >= 4 is 5.91 Å². The quantitative estimate of drug-likeness (QED) is 0.670. The molecule has 0 saturated heterocycles. The number of hydrogen-bond donors (Lipinski definition) is 0. The Morgan fingerprint density at radius 1 is 1.32 bits per heavy atom. The molecule has 0 aliphatic carbocycles. The molecule has 0 atom stereocenters. The fourth-order valence-corrected chi connectivity index (χ4v) is 1.78. The summed E-state index contributed by atoms with van der Waals surface area (Å²) in [5, 5.41) is 0. The van der Waals surface area contributed by atoms with E-state index in [2.05, 4.69) is 13.5 Å². The van der Waals surface area contributed by atoms with Crippen molar-refractivity contribution < 1.29 is 9.53 Å². The van der Waals surface area contributed by atoms with Crippen LogP contribution in [0.15, 0.2) is 36.9 Å². The van der Waals surface area contributed by atoms with Gasteiger partial charge in [0.2, 0.25) is 0 Å². The molecule has 1 aromatic carbocycles. The van der Waals surface area contributed by atoms with Gasteiger partial charge in [-0.15, -0.1) is 0 Å². The van der Waals surface area contributed by atoms with Crippen LogP contribution in [0, 0.1) is 0 Å². The van der Waals surface area contributed by atoms with E-state index in [4.69, 9.17) is 4.74 Å². The second kappa shape index (κ2) is 8.35. The average molecular weight is 261 g/mol. The van der Waals surface area contributed by atoms with Crippen LogP contribution < -0.4 is 4.74 Å². The van der Waals surface area contributed by atoms with Gasteiger partial charge in [0.05, 0.1) is 0 Å². The third kappa shape index (κ3) is 4.78. The highest BCUT2D eigenvalue weighted by Crippen LogP contribution is 2.14. The minimum atomic E-state index is 0.0891. The molecule has 3 heteroatoms. The number of rotatable bonds is 8. The van der Waals surface area contributed by atoms with E-state index in [9.17, 15) is 4.79 Å². The van der Waals surface area contributed by atoms with Gasteiger partial charge in [0.15, 0.2) is 0 Å². The third-order valence-electron chi connectivity index (χ3n) is 2.92. The van der Waals surface area contributed by atoms with Crippen molar-refractivity contribution in [2.75, 3.05) is 19.7 Å². The summed E-state index contributed by atoms with van der Waals surface area (Å²) in [6, 6.07) is 7.28. The fourth-order valence-electron chi connectivity index (χ4n) is 1.78. The first-order valence-corrected chi connectivity index (χ1v) is 6.86. The van der Waals surface area contributed by atoms with Gasteiger partial charge >= 0.3 is 0 Å². The second-order valence-corrected chi connectivity index (χ2v) is 4.36. The molecule has 0 saturated carbocycles. The van der Waals surface area contributed by atoms with Crippen molar-refractivity contribution in [1.82, 2.24) is 4.90 Å². The molecule has 0 aliphatic heterocycles. The predicted molar refractivity (Wildman–Crippen MR) is 78.6 cm³/mol. The largest absolute Gasteiger partial charge is 0.490 e. The summed E-state index contributed by atoms with van der Waals surface area (Å²) in [5.74, 6) is 0.847. The summed E-state index contributed by atoms with van der Waals surface area (Å²) in [5.41, 5.74) is 0.712. The first-order valence-electron chi connectivity index (χ1n) is 6.86. The number of hydrogen-bond acceptors (Lipinski definition) is 2. The number of amides is 1. The Hall–Kier alpha value is -1.77. The van der Waals surface area contributed by atoms with Crippen LogP contribution in [0.5, 0.6) is 5.75 Å². The monoisotopic (exact) mass is 261 g/mol. The lowest BCUT2D eigenvalue weighted by Gasteiger charge is -2.20. The Morgan fingerprint density at radius 3 is 2.53 bits per heavy atom. The van der Waals surface area contributed by atoms with Crippen LogP contribution in [0.1, 0.15) is 37.0 Å². The zero-order valence-corrected chi connectivity index (χ0v) is 11.9. The van der Waals surface area contributed by atoms with E-state index in [0.29, 0.717) is 12.2 Å². The molecule has 1 amide bonds. The SMILES string of the molecule is C=CCOc1ccc(C(=O)N(CC)CCCC)cc1. The Labute approximate surface area is 115 Å². The molecular weight excluding hydrogens is 238 g/mol. The minimum absolute atomic E-state index is 0.0891. The standard InChI is InChI=1S/C16H23NO2/c1-4-7-12-17(6-3)16(18)14-8-10-15(11-9-14)19-13-5-2/h5,8-11H,2,4,6-7,12-13H2,1,3H3.